The smallest absolute Gasteiger partial charge is 0.203 e. The molecule has 0 radical (unpaired) electrons. The Morgan fingerprint density at radius 1 is 1.10 bits per heavy atom. The first kappa shape index (κ1) is 13.9. The normalized spacial score (nSPS) is 10.5. The summed E-state index contributed by atoms with van der Waals surface area (Å²) in [5.41, 5.74) is 7.57. The lowest BCUT2D eigenvalue weighted by atomic mass is 10.2. The van der Waals surface area contributed by atoms with Crippen molar-refractivity contribution in [3.05, 3.63) is 59.1 Å². The molecule has 1 heterocycles. The van der Waals surface area contributed by atoms with Crippen molar-refractivity contribution in [1.82, 2.24) is 10.2 Å². The minimum atomic E-state index is 0.437. The van der Waals surface area contributed by atoms with Gasteiger partial charge in [-0.25, -0.2) is 0 Å². The Balaban J connectivity index is 1.81. The van der Waals surface area contributed by atoms with Crippen LogP contribution < -0.4 is 10.5 Å². The predicted molar refractivity (Wildman–Crippen MR) is 85.5 cm³/mol. The van der Waals surface area contributed by atoms with Gasteiger partial charge in [0.25, 0.3) is 0 Å². The maximum absolute atomic E-state index is 6.17. The van der Waals surface area contributed by atoms with Crippen molar-refractivity contribution in [1.29, 1.82) is 0 Å². The molecule has 0 aliphatic carbocycles. The van der Waals surface area contributed by atoms with Crippen molar-refractivity contribution in [2.45, 2.75) is 6.61 Å². The summed E-state index contributed by atoms with van der Waals surface area (Å²) in [5.74, 6) is 0.617. The van der Waals surface area contributed by atoms with Crippen LogP contribution in [0, 0.1) is 0 Å². The van der Waals surface area contributed by atoms with Gasteiger partial charge in [0.2, 0.25) is 5.13 Å². The Hall–Kier alpha value is -2.11. The molecule has 0 saturated heterocycles. The van der Waals surface area contributed by atoms with Crippen LogP contribution in [0.3, 0.4) is 0 Å². The number of nitrogens with two attached hydrogens (primary N) is 1. The largest absolute Gasteiger partial charge is 0.487 e. The molecule has 21 heavy (non-hydrogen) atoms. The van der Waals surface area contributed by atoms with Crippen LogP contribution in [0.2, 0.25) is 5.02 Å². The molecule has 106 valence electrons. The summed E-state index contributed by atoms with van der Waals surface area (Å²) in [6, 6.07) is 15.4. The number of benzene rings is 2. The van der Waals surface area contributed by atoms with Gasteiger partial charge in [-0.15, -0.1) is 10.2 Å². The Labute approximate surface area is 131 Å². The van der Waals surface area contributed by atoms with E-state index in [1.54, 1.807) is 6.07 Å². The van der Waals surface area contributed by atoms with Crippen molar-refractivity contribution < 1.29 is 4.74 Å². The van der Waals surface area contributed by atoms with E-state index in [1.807, 2.05) is 42.5 Å². The quantitative estimate of drug-likeness (QED) is 0.789. The van der Waals surface area contributed by atoms with Gasteiger partial charge in [0, 0.05) is 5.56 Å². The van der Waals surface area contributed by atoms with Crippen LogP contribution in [-0.2, 0) is 6.61 Å². The summed E-state index contributed by atoms with van der Waals surface area (Å²) in [5, 5.41) is 9.57. The molecule has 2 N–H and O–H groups in total. The minimum absolute atomic E-state index is 0.437. The third-order valence-electron chi connectivity index (χ3n) is 2.86. The lowest BCUT2D eigenvalue weighted by Gasteiger charge is -2.09. The molecule has 2 aromatic carbocycles. The van der Waals surface area contributed by atoms with E-state index in [9.17, 15) is 0 Å². The number of nitrogens with zero attached hydrogens (tertiary/aromatic N) is 2. The molecule has 0 spiro atoms. The van der Waals surface area contributed by atoms with Gasteiger partial charge in [0.05, 0.1) is 5.02 Å². The predicted octanol–water partition coefficient (Wildman–Crippen LogP) is 4.02. The molecule has 0 amide bonds. The van der Waals surface area contributed by atoms with Crippen LogP contribution in [0.15, 0.2) is 48.5 Å². The van der Waals surface area contributed by atoms with Crippen LogP contribution in [0.1, 0.15) is 5.56 Å². The van der Waals surface area contributed by atoms with Gasteiger partial charge >= 0.3 is 0 Å². The summed E-state index contributed by atoms with van der Waals surface area (Å²) in [6.07, 6.45) is 0. The van der Waals surface area contributed by atoms with E-state index in [1.165, 1.54) is 11.3 Å². The molecule has 0 atom stereocenters. The second-order valence-electron chi connectivity index (χ2n) is 4.36. The zero-order chi connectivity index (χ0) is 14.7. The second kappa shape index (κ2) is 6.11. The molecule has 4 nitrogen and oxygen atoms in total. The second-order valence-corrected chi connectivity index (χ2v) is 5.78. The first-order valence-corrected chi connectivity index (χ1v) is 7.47. The third-order valence-corrected chi connectivity index (χ3v) is 3.97. The highest BCUT2D eigenvalue weighted by atomic mass is 35.5. The summed E-state index contributed by atoms with van der Waals surface area (Å²) in [6.45, 7) is 0.461. The van der Waals surface area contributed by atoms with Gasteiger partial charge in [0.1, 0.15) is 17.4 Å². The zero-order valence-electron chi connectivity index (χ0n) is 11.0. The molecule has 0 aliphatic heterocycles. The Kier molecular flexibility index (Phi) is 4.03. The summed E-state index contributed by atoms with van der Waals surface area (Å²) in [7, 11) is 0. The molecule has 0 unspecified atom stereocenters. The zero-order valence-corrected chi connectivity index (χ0v) is 12.6. The van der Waals surface area contributed by atoms with E-state index in [2.05, 4.69) is 10.2 Å². The van der Waals surface area contributed by atoms with Crippen molar-refractivity contribution >= 4 is 28.1 Å². The monoisotopic (exact) mass is 317 g/mol. The standard InChI is InChI=1S/C15H12ClN3OS/c16-12-7-6-11(14-18-19-15(17)21-14)8-13(12)20-9-10-4-2-1-3-5-10/h1-8H,9H2,(H2,17,19). The van der Waals surface area contributed by atoms with Gasteiger partial charge < -0.3 is 10.5 Å². The van der Waals surface area contributed by atoms with E-state index in [-0.39, 0.29) is 0 Å². The number of rotatable bonds is 4. The first-order valence-electron chi connectivity index (χ1n) is 6.28. The van der Waals surface area contributed by atoms with Gasteiger partial charge in [-0.05, 0) is 17.7 Å². The summed E-state index contributed by atoms with van der Waals surface area (Å²) < 4.78 is 5.79. The number of anilines is 1. The Morgan fingerprint density at radius 3 is 2.62 bits per heavy atom. The van der Waals surface area contributed by atoms with Crippen LogP contribution >= 0.6 is 22.9 Å². The fraction of sp³-hybridized carbons (Fsp3) is 0.0667. The number of hydrogen-bond donors (Lipinski definition) is 1. The lowest BCUT2D eigenvalue weighted by Crippen LogP contribution is -1.95. The van der Waals surface area contributed by atoms with Crippen LogP contribution in [0.4, 0.5) is 5.13 Å². The average molecular weight is 318 g/mol. The number of ether oxygens (including phenoxy) is 1. The van der Waals surface area contributed by atoms with E-state index < -0.39 is 0 Å². The van der Waals surface area contributed by atoms with Crippen LogP contribution in [0.25, 0.3) is 10.6 Å². The van der Waals surface area contributed by atoms with Crippen LogP contribution in [-0.4, -0.2) is 10.2 Å². The maximum atomic E-state index is 6.17. The van der Waals surface area contributed by atoms with E-state index in [0.717, 1.165) is 16.1 Å². The Bertz CT molecular complexity index is 746. The van der Waals surface area contributed by atoms with Gasteiger partial charge in [-0.3, -0.25) is 0 Å². The van der Waals surface area contributed by atoms with E-state index in [4.69, 9.17) is 22.1 Å². The maximum Gasteiger partial charge on any atom is 0.203 e. The van der Waals surface area contributed by atoms with E-state index >= 15 is 0 Å². The number of nitrogen functional groups attached to an aromatic ring is 1. The summed E-state index contributed by atoms with van der Waals surface area (Å²) >= 11 is 7.50. The van der Waals surface area contributed by atoms with Crippen molar-refractivity contribution in [2.75, 3.05) is 5.73 Å². The van der Waals surface area contributed by atoms with Gasteiger partial charge in [-0.2, -0.15) is 0 Å². The molecule has 3 rings (SSSR count). The van der Waals surface area contributed by atoms with E-state index in [0.29, 0.717) is 22.5 Å². The topological polar surface area (TPSA) is 61.0 Å². The molecule has 0 bridgehead atoms. The summed E-state index contributed by atoms with van der Waals surface area (Å²) in [4.78, 5) is 0. The highest BCUT2D eigenvalue weighted by molar-refractivity contribution is 7.18. The molecular weight excluding hydrogens is 306 g/mol. The SMILES string of the molecule is Nc1nnc(-c2ccc(Cl)c(OCc3ccccc3)c2)s1. The molecule has 0 fully saturated rings. The molecular formula is C15H12ClN3OS. The lowest BCUT2D eigenvalue weighted by molar-refractivity contribution is 0.306. The fourth-order valence-electron chi connectivity index (χ4n) is 1.83. The molecule has 0 aliphatic rings. The van der Waals surface area contributed by atoms with Gasteiger partial charge in [-0.1, -0.05) is 59.3 Å². The Morgan fingerprint density at radius 2 is 1.90 bits per heavy atom. The molecule has 1 aromatic heterocycles. The highest BCUT2D eigenvalue weighted by Crippen LogP contribution is 2.32. The van der Waals surface area contributed by atoms with Crippen LogP contribution in [0.5, 0.6) is 5.75 Å². The molecule has 6 heteroatoms. The number of halogens is 1. The van der Waals surface area contributed by atoms with Crippen molar-refractivity contribution in [3.63, 3.8) is 0 Å². The third kappa shape index (κ3) is 3.32. The van der Waals surface area contributed by atoms with Crippen molar-refractivity contribution in [3.8, 4) is 16.3 Å². The van der Waals surface area contributed by atoms with Crippen molar-refractivity contribution in [2.24, 2.45) is 0 Å². The molecule has 0 saturated carbocycles. The average Bonchev–Trinajstić information content (AvgIpc) is 2.94. The van der Waals surface area contributed by atoms with Gasteiger partial charge in [0.15, 0.2) is 0 Å². The minimum Gasteiger partial charge on any atom is -0.487 e. The molecule has 3 aromatic rings. The fourth-order valence-corrected chi connectivity index (χ4v) is 2.61. The number of aromatic nitrogens is 2. The highest BCUT2D eigenvalue weighted by Gasteiger charge is 2.09. The number of hydrogen-bond acceptors (Lipinski definition) is 5. The first-order chi connectivity index (χ1) is 10.2.